The molecule has 1 aliphatic carbocycles. The predicted molar refractivity (Wildman–Crippen MR) is 85.2 cm³/mol. The Kier molecular flexibility index (Phi) is 4.35. The molecule has 1 aliphatic rings. The maximum absolute atomic E-state index is 2.58. The molecule has 18 heavy (non-hydrogen) atoms. The van der Waals surface area contributed by atoms with Crippen molar-refractivity contribution in [3.8, 4) is 0 Å². The van der Waals surface area contributed by atoms with Gasteiger partial charge in [0.05, 0.1) is 0 Å². The zero-order chi connectivity index (χ0) is 14.5. The Balaban J connectivity index is 3.40. The van der Waals surface area contributed by atoms with E-state index in [4.69, 9.17) is 0 Å². The van der Waals surface area contributed by atoms with Crippen molar-refractivity contribution < 1.29 is 16.6 Å². The summed E-state index contributed by atoms with van der Waals surface area (Å²) in [7, 11) is -1.05. The Morgan fingerprint density at radius 1 is 0.944 bits per heavy atom. The quantitative estimate of drug-likeness (QED) is 0.524. The SMILES string of the molecule is CC1=C(C)[C](C)([Ti]([CH3])([CH3])[CH3])C(C[Si](C)(C)C)=C1C. The third-order valence-electron chi connectivity index (χ3n) is 5.14. The van der Waals surface area contributed by atoms with Crippen molar-refractivity contribution in [2.75, 3.05) is 0 Å². The monoisotopic (exact) mass is 300 g/mol. The van der Waals surface area contributed by atoms with Crippen molar-refractivity contribution in [2.45, 2.75) is 72.8 Å². The molecule has 0 nitrogen and oxygen atoms in total. The molecule has 1 rings (SSSR count). The first kappa shape index (κ1) is 16.5. The first-order chi connectivity index (χ1) is 7.82. The van der Waals surface area contributed by atoms with Gasteiger partial charge in [-0.2, -0.15) is 0 Å². The van der Waals surface area contributed by atoms with E-state index in [0.29, 0.717) is 3.72 Å². The summed E-state index contributed by atoms with van der Waals surface area (Å²) in [5.74, 6) is 0. The Morgan fingerprint density at radius 3 is 1.72 bits per heavy atom. The average Bonchev–Trinajstić information content (AvgIpc) is 2.31. The number of hydrogen-bond acceptors (Lipinski definition) is 0. The minimum atomic E-state index is -1.79. The molecule has 0 spiro atoms. The van der Waals surface area contributed by atoms with Crippen molar-refractivity contribution >= 4 is 8.07 Å². The minimum absolute atomic E-state index is 0.439. The molecule has 2 heteroatoms. The molecule has 1 atom stereocenters. The number of hydrogen-bond donors (Lipinski definition) is 0. The van der Waals surface area contributed by atoms with Crippen LogP contribution < -0.4 is 0 Å². The molecule has 0 aromatic rings. The van der Waals surface area contributed by atoms with E-state index in [1.54, 1.807) is 16.7 Å². The summed E-state index contributed by atoms with van der Waals surface area (Å²) in [5.41, 5.74) is 6.70. The van der Waals surface area contributed by atoms with E-state index in [-0.39, 0.29) is 0 Å². The summed E-state index contributed by atoms with van der Waals surface area (Å²) in [6, 6.07) is 1.38. The van der Waals surface area contributed by atoms with Crippen LogP contribution in [-0.4, -0.2) is 8.07 Å². The first-order valence-corrected chi connectivity index (χ1v) is 16.4. The third-order valence-corrected chi connectivity index (χ3v) is 12.3. The van der Waals surface area contributed by atoms with E-state index in [2.05, 4.69) is 63.0 Å². The molecule has 104 valence electrons. The van der Waals surface area contributed by atoms with Crippen LogP contribution in [0.3, 0.4) is 0 Å². The summed E-state index contributed by atoms with van der Waals surface area (Å²) in [5, 5.41) is 7.75. The van der Waals surface area contributed by atoms with Gasteiger partial charge in [-0.3, -0.25) is 0 Å². The molecular formula is C16H32SiTi. The van der Waals surface area contributed by atoms with Crippen LogP contribution in [0.15, 0.2) is 22.3 Å². The van der Waals surface area contributed by atoms with Crippen molar-refractivity contribution in [1.82, 2.24) is 0 Å². The Morgan fingerprint density at radius 2 is 1.39 bits per heavy atom. The Labute approximate surface area is 119 Å². The molecule has 0 fully saturated rings. The Hall–Kier alpha value is 0.411. The first-order valence-electron chi connectivity index (χ1n) is 7.21. The van der Waals surface area contributed by atoms with Gasteiger partial charge >= 0.3 is 120 Å². The average molecular weight is 300 g/mol. The van der Waals surface area contributed by atoms with Crippen molar-refractivity contribution in [2.24, 2.45) is 0 Å². The predicted octanol–water partition coefficient (Wildman–Crippen LogP) is 6.47. The molecule has 0 radical (unpaired) electrons. The number of allylic oxidation sites excluding steroid dienone is 4. The molecule has 0 aromatic carbocycles. The molecular weight excluding hydrogens is 268 g/mol. The van der Waals surface area contributed by atoms with Gasteiger partial charge < -0.3 is 0 Å². The van der Waals surface area contributed by atoms with Crippen molar-refractivity contribution in [3.63, 3.8) is 0 Å². The van der Waals surface area contributed by atoms with E-state index in [1.807, 2.05) is 5.57 Å². The summed E-state index contributed by atoms with van der Waals surface area (Å²) < 4.78 is 0.439. The van der Waals surface area contributed by atoms with Gasteiger partial charge in [-0.05, 0) is 0 Å². The topological polar surface area (TPSA) is 0 Å². The summed E-state index contributed by atoms with van der Waals surface area (Å²) in [6.45, 7) is 17.2. The van der Waals surface area contributed by atoms with Crippen LogP contribution in [0.25, 0.3) is 0 Å². The molecule has 0 aromatic heterocycles. The van der Waals surface area contributed by atoms with Crippen LogP contribution in [-0.2, 0) is 16.6 Å². The van der Waals surface area contributed by atoms with Gasteiger partial charge in [0.1, 0.15) is 0 Å². The van der Waals surface area contributed by atoms with E-state index < -0.39 is 24.7 Å². The fraction of sp³-hybridized carbons (Fsp3) is 0.750. The second kappa shape index (κ2) is 4.75. The van der Waals surface area contributed by atoms with Gasteiger partial charge in [-0.15, -0.1) is 0 Å². The van der Waals surface area contributed by atoms with Gasteiger partial charge in [0.15, 0.2) is 0 Å². The van der Waals surface area contributed by atoms with Crippen LogP contribution in [0, 0.1) is 0 Å². The fourth-order valence-corrected chi connectivity index (χ4v) is 9.19. The standard InChI is InChI=1S/C13H23Si.3CH3.Ti/c1-9-10(2)12(4)13(11(9)3)8-14(5,6)7;;;;/h8H2,1-7H3;3*1H3;. The van der Waals surface area contributed by atoms with Crippen LogP contribution in [0.1, 0.15) is 27.7 Å². The molecule has 0 saturated carbocycles. The second-order valence-corrected chi connectivity index (χ2v) is 22.5. The van der Waals surface area contributed by atoms with Crippen molar-refractivity contribution in [1.29, 1.82) is 0 Å². The zero-order valence-corrected chi connectivity index (χ0v) is 16.8. The maximum atomic E-state index is 2.58. The van der Waals surface area contributed by atoms with E-state index in [1.165, 1.54) is 6.04 Å². The summed E-state index contributed by atoms with van der Waals surface area (Å²) in [4.78, 5) is 0. The van der Waals surface area contributed by atoms with Gasteiger partial charge in [0.2, 0.25) is 0 Å². The van der Waals surface area contributed by atoms with Gasteiger partial charge in [0, 0.05) is 0 Å². The van der Waals surface area contributed by atoms with E-state index >= 15 is 0 Å². The number of rotatable bonds is 3. The van der Waals surface area contributed by atoms with Crippen LogP contribution >= 0.6 is 0 Å². The third kappa shape index (κ3) is 2.64. The second-order valence-electron chi connectivity index (χ2n) is 8.47. The van der Waals surface area contributed by atoms with E-state index in [0.717, 1.165) is 0 Å². The summed E-state index contributed by atoms with van der Waals surface area (Å²) >= 11 is -1.79. The van der Waals surface area contributed by atoms with Gasteiger partial charge in [0.25, 0.3) is 0 Å². The van der Waals surface area contributed by atoms with Crippen LogP contribution in [0.5, 0.6) is 0 Å². The van der Waals surface area contributed by atoms with Crippen LogP contribution in [0.4, 0.5) is 0 Å². The molecule has 0 heterocycles. The van der Waals surface area contributed by atoms with Crippen molar-refractivity contribution in [3.05, 3.63) is 22.3 Å². The normalized spacial score (nSPS) is 26.3. The van der Waals surface area contributed by atoms with Crippen LogP contribution in [0.2, 0.25) is 45.1 Å². The summed E-state index contributed by atoms with van der Waals surface area (Å²) in [6.07, 6.45) is 0. The fourth-order valence-electron chi connectivity index (χ4n) is 3.34. The molecule has 0 saturated heterocycles. The van der Waals surface area contributed by atoms with Gasteiger partial charge in [-0.25, -0.2) is 0 Å². The molecule has 0 bridgehead atoms. The molecule has 0 N–H and O–H groups in total. The van der Waals surface area contributed by atoms with Gasteiger partial charge in [-0.1, -0.05) is 0 Å². The zero-order valence-electron chi connectivity index (χ0n) is 14.2. The molecule has 0 amide bonds. The molecule has 0 aliphatic heterocycles. The van der Waals surface area contributed by atoms with E-state index in [9.17, 15) is 0 Å². The molecule has 1 unspecified atom stereocenters. The Bertz CT molecular complexity index is 415.